The van der Waals surface area contributed by atoms with E-state index in [-0.39, 0.29) is 0 Å². The van der Waals surface area contributed by atoms with Crippen molar-refractivity contribution in [3.05, 3.63) is 235 Å². The zero-order chi connectivity index (χ0) is 41.3. The molecule has 0 aliphatic heterocycles. The summed E-state index contributed by atoms with van der Waals surface area (Å²) in [5, 5.41) is 10.1. The number of rotatable bonds is 10. The lowest BCUT2D eigenvalue weighted by atomic mass is 9.76. The lowest BCUT2D eigenvalue weighted by molar-refractivity contribution is 0.554. The zero-order valence-electron chi connectivity index (χ0n) is 35.3. The molecule has 0 fully saturated rings. The summed E-state index contributed by atoms with van der Waals surface area (Å²) in [7, 11) is 0. The Balaban J connectivity index is 1.11. The molecule has 0 aliphatic carbocycles. The van der Waals surface area contributed by atoms with Gasteiger partial charge in [0, 0.05) is 0 Å². The number of aryl methyl sites for hydroxylation is 1. The largest absolute Gasteiger partial charge is 0.0807 e. The van der Waals surface area contributed by atoms with Gasteiger partial charge in [-0.15, -0.1) is 0 Å². The van der Waals surface area contributed by atoms with Gasteiger partial charge in [0.15, 0.2) is 0 Å². The molecule has 0 bridgehead atoms. The van der Waals surface area contributed by atoms with Crippen LogP contribution in [0.5, 0.6) is 0 Å². The lowest BCUT2D eigenvalue weighted by Crippen LogP contribution is -2.15. The fraction of sp³-hybridized carbons (Fsp3) is 0.115. The van der Waals surface area contributed by atoms with Crippen LogP contribution in [-0.2, 0) is 6.42 Å². The summed E-state index contributed by atoms with van der Waals surface area (Å²) in [5.74, 6) is 0.667. The Labute approximate surface area is 360 Å². The summed E-state index contributed by atoms with van der Waals surface area (Å²) in [4.78, 5) is 0. The zero-order valence-corrected chi connectivity index (χ0v) is 35.3. The van der Waals surface area contributed by atoms with Gasteiger partial charge in [0.25, 0.3) is 0 Å². The molecule has 0 nitrogen and oxygen atoms in total. The van der Waals surface area contributed by atoms with Gasteiger partial charge in [-0.2, -0.15) is 0 Å². The van der Waals surface area contributed by atoms with Crippen molar-refractivity contribution in [2.45, 2.75) is 39.5 Å². The van der Waals surface area contributed by atoms with Gasteiger partial charge in [-0.1, -0.05) is 208 Å². The van der Waals surface area contributed by atoms with Crippen molar-refractivity contribution in [3.8, 4) is 33.4 Å². The first-order valence-electron chi connectivity index (χ1n) is 21.9. The van der Waals surface area contributed by atoms with Crippen molar-refractivity contribution < 1.29 is 0 Å². The number of hydrogen-bond acceptors (Lipinski definition) is 0. The van der Waals surface area contributed by atoms with Crippen LogP contribution < -0.4 is 0 Å². The highest BCUT2D eigenvalue weighted by Gasteiger charge is 2.25. The van der Waals surface area contributed by atoms with E-state index in [0.29, 0.717) is 11.8 Å². The van der Waals surface area contributed by atoms with Gasteiger partial charge in [0.05, 0.1) is 0 Å². The molecule has 0 N–H and O–H groups in total. The second kappa shape index (κ2) is 16.6. The summed E-state index contributed by atoms with van der Waals surface area (Å²) >= 11 is 0. The predicted molar refractivity (Wildman–Crippen MR) is 264 cm³/mol. The highest BCUT2D eigenvalue weighted by atomic mass is 14.3. The van der Waals surface area contributed by atoms with Crippen molar-refractivity contribution in [3.63, 3.8) is 0 Å². The number of fused-ring (bicyclic) bond motifs is 4. The highest BCUT2D eigenvalue weighted by Crippen LogP contribution is 2.46. The van der Waals surface area contributed by atoms with Crippen LogP contribution in [0.4, 0.5) is 0 Å². The minimum absolute atomic E-state index is 0.319. The standard InChI is InChI=1S/C61H50/c1-4-16-54(42(3)58(46-20-6-5-7-21-46)39-48-22-9-8-17-41(48)2)47-31-27-45(28-32-47)51-35-36-57-59(40-51)61(53-34-30-44-19-11-13-24-50(44)38-53)56-26-15-14-25-55(56)60(57)52-33-29-43-18-10-12-23-49(43)37-52/h5-38,40,42,58H,4,39H2,1-3H3/b54-16-. The van der Waals surface area contributed by atoms with E-state index in [0.717, 1.165) is 12.8 Å². The molecule has 2 unspecified atom stereocenters. The molecule has 10 rings (SSSR count). The summed E-state index contributed by atoms with van der Waals surface area (Å²) < 4.78 is 0. The van der Waals surface area contributed by atoms with Crippen LogP contribution in [-0.4, -0.2) is 0 Å². The average Bonchev–Trinajstić information content (AvgIpc) is 3.32. The molecule has 61 heavy (non-hydrogen) atoms. The van der Waals surface area contributed by atoms with Crippen LogP contribution in [0.3, 0.4) is 0 Å². The summed E-state index contributed by atoms with van der Waals surface area (Å²) in [5.41, 5.74) is 14.4. The van der Waals surface area contributed by atoms with E-state index in [2.05, 4.69) is 233 Å². The Morgan fingerprint density at radius 1 is 0.443 bits per heavy atom. The van der Waals surface area contributed by atoms with E-state index in [1.807, 2.05) is 0 Å². The van der Waals surface area contributed by atoms with Crippen LogP contribution >= 0.6 is 0 Å². The summed E-state index contributed by atoms with van der Waals surface area (Å²) in [6.45, 7) is 6.94. The molecule has 0 radical (unpaired) electrons. The van der Waals surface area contributed by atoms with Crippen LogP contribution in [0.25, 0.3) is 82.0 Å². The van der Waals surface area contributed by atoms with Crippen molar-refractivity contribution in [1.29, 1.82) is 0 Å². The van der Waals surface area contributed by atoms with Crippen molar-refractivity contribution >= 4 is 48.7 Å². The topological polar surface area (TPSA) is 0 Å². The maximum absolute atomic E-state index is 2.46. The molecule has 10 aromatic rings. The Morgan fingerprint density at radius 3 is 1.57 bits per heavy atom. The fourth-order valence-electron chi connectivity index (χ4n) is 9.89. The Kier molecular flexibility index (Phi) is 10.4. The van der Waals surface area contributed by atoms with Gasteiger partial charge in [-0.3, -0.25) is 0 Å². The van der Waals surface area contributed by atoms with E-state index in [1.54, 1.807) is 0 Å². The first kappa shape index (κ1) is 38.2. The first-order chi connectivity index (χ1) is 30.0. The van der Waals surface area contributed by atoms with E-state index in [4.69, 9.17) is 0 Å². The summed E-state index contributed by atoms with van der Waals surface area (Å²) in [6, 6.07) is 76.8. The second-order valence-corrected chi connectivity index (χ2v) is 16.8. The predicted octanol–water partition coefficient (Wildman–Crippen LogP) is 17.1. The first-order valence-corrected chi connectivity index (χ1v) is 21.9. The van der Waals surface area contributed by atoms with E-state index in [1.165, 1.54) is 104 Å². The minimum atomic E-state index is 0.319. The Bertz CT molecular complexity index is 3220. The SMILES string of the molecule is CC/C=C(\c1ccc(-c2ccc3c(-c4ccc5ccccc5c4)c4ccccc4c(-c4ccc5ccccc5c4)c3c2)cc1)C(C)C(Cc1ccccc1C)c1ccccc1. The molecular weight excluding hydrogens is 733 g/mol. The number of benzene rings is 10. The molecule has 0 saturated heterocycles. The van der Waals surface area contributed by atoms with Crippen molar-refractivity contribution in [2.24, 2.45) is 5.92 Å². The minimum Gasteiger partial charge on any atom is -0.0807 e. The van der Waals surface area contributed by atoms with Gasteiger partial charge in [0.2, 0.25) is 0 Å². The lowest BCUT2D eigenvalue weighted by Gasteiger charge is -2.28. The molecular formula is C61H50. The van der Waals surface area contributed by atoms with Crippen molar-refractivity contribution in [1.82, 2.24) is 0 Å². The molecule has 0 aliphatic rings. The fourth-order valence-corrected chi connectivity index (χ4v) is 9.89. The number of allylic oxidation sites excluding steroid dienone is 2. The Hall–Kier alpha value is -7.02. The third-order valence-corrected chi connectivity index (χ3v) is 13.1. The second-order valence-electron chi connectivity index (χ2n) is 16.8. The number of hydrogen-bond donors (Lipinski definition) is 0. The van der Waals surface area contributed by atoms with Crippen LogP contribution in [0, 0.1) is 12.8 Å². The van der Waals surface area contributed by atoms with Gasteiger partial charge in [-0.05, 0) is 154 Å². The molecule has 0 saturated carbocycles. The molecule has 0 heterocycles. The normalized spacial score (nSPS) is 12.9. The molecule has 10 aromatic carbocycles. The molecule has 294 valence electrons. The van der Waals surface area contributed by atoms with Crippen LogP contribution in [0.1, 0.15) is 48.4 Å². The molecule has 0 heteroatoms. The Morgan fingerprint density at radius 2 is 0.951 bits per heavy atom. The van der Waals surface area contributed by atoms with E-state index < -0.39 is 0 Å². The maximum atomic E-state index is 2.46. The van der Waals surface area contributed by atoms with E-state index in [9.17, 15) is 0 Å². The summed E-state index contributed by atoms with van der Waals surface area (Å²) in [6.07, 6.45) is 4.45. The highest BCUT2D eigenvalue weighted by molar-refractivity contribution is 6.22. The average molecular weight is 783 g/mol. The molecule has 2 atom stereocenters. The molecule has 0 spiro atoms. The van der Waals surface area contributed by atoms with Crippen molar-refractivity contribution in [2.75, 3.05) is 0 Å². The quantitative estimate of drug-likeness (QED) is 0.121. The molecule has 0 amide bonds. The van der Waals surface area contributed by atoms with Gasteiger partial charge in [0.1, 0.15) is 0 Å². The molecule has 0 aromatic heterocycles. The van der Waals surface area contributed by atoms with Crippen LogP contribution in [0.2, 0.25) is 0 Å². The third kappa shape index (κ3) is 7.34. The van der Waals surface area contributed by atoms with E-state index >= 15 is 0 Å². The third-order valence-electron chi connectivity index (χ3n) is 13.1. The monoisotopic (exact) mass is 782 g/mol. The maximum Gasteiger partial charge on any atom is -0.00259 e. The van der Waals surface area contributed by atoms with Gasteiger partial charge in [-0.25, -0.2) is 0 Å². The van der Waals surface area contributed by atoms with Gasteiger partial charge < -0.3 is 0 Å². The van der Waals surface area contributed by atoms with Gasteiger partial charge >= 0.3 is 0 Å². The van der Waals surface area contributed by atoms with Crippen LogP contribution in [0.15, 0.2) is 212 Å². The smallest absolute Gasteiger partial charge is 0.00259 e.